The third-order valence-corrected chi connectivity index (χ3v) is 5.36. The molecule has 1 aliphatic heterocycles. The number of pyridine rings is 1. The van der Waals surface area contributed by atoms with Gasteiger partial charge >= 0.3 is 0 Å². The molecule has 4 nitrogen and oxygen atoms in total. The summed E-state index contributed by atoms with van der Waals surface area (Å²) in [4.78, 5) is 7.92. The Morgan fingerprint density at radius 1 is 1.15 bits per heavy atom. The summed E-state index contributed by atoms with van der Waals surface area (Å²) in [5.41, 5.74) is 5.94. The second-order valence-corrected chi connectivity index (χ2v) is 7.23. The molecule has 136 valence electrons. The van der Waals surface area contributed by atoms with E-state index in [1.165, 1.54) is 40.6 Å². The molecular weight excluding hydrogens is 322 g/mol. The third-order valence-electron chi connectivity index (χ3n) is 5.36. The number of benzene rings is 1. The monoisotopic (exact) mass is 349 g/mol. The maximum absolute atomic E-state index is 6.14. The molecule has 1 fully saturated rings. The largest absolute Gasteiger partial charge is 0.493 e. The minimum absolute atomic E-state index is 0.666. The maximum atomic E-state index is 6.14. The van der Waals surface area contributed by atoms with Gasteiger partial charge in [-0.2, -0.15) is 0 Å². The van der Waals surface area contributed by atoms with E-state index in [2.05, 4.69) is 52.5 Å². The highest BCUT2D eigenvalue weighted by atomic mass is 16.5. The smallest absolute Gasteiger partial charge is 0.120 e. The number of hydrogen-bond donors (Lipinski definition) is 2. The van der Waals surface area contributed by atoms with Crippen molar-refractivity contribution < 1.29 is 4.74 Å². The van der Waals surface area contributed by atoms with Gasteiger partial charge in [0.1, 0.15) is 5.75 Å². The SMILES string of the molecule is CCc1c(-c2ccnc(C)c2)[nH]c2ccc(OCC3CCNCC3)cc12. The first-order valence-corrected chi connectivity index (χ1v) is 9.65. The molecule has 0 atom stereocenters. The summed E-state index contributed by atoms with van der Waals surface area (Å²) >= 11 is 0. The Balaban J connectivity index is 1.62. The predicted molar refractivity (Wildman–Crippen MR) is 107 cm³/mol. The van der Waals surface area contributed by atoms with Gasteiger partial charge in [0.2, 0.25) is 0 Å². The fourth-order valence-corrected chi connectivity index (χ4v) is 3.89. The van der Waals surface area contributed by atoms with Crippen molar-refractivity contribution in [3.05, 3.63) is 47.8 Å². The minimum Gasteiger partial charge on any atom is -0.493 e. The maximum Gasteiger partial charge on any atom is 0.120 e. The van der Waals surface area contributed by atoms with E-state index < -0.39 is 0 Å². The molecule has 0 saturated carbocycles. The van der Waals surface area contributed by atoms with Gasteiger partial charge in [0.05, 0.1) is 6.61 Å². The molecule has 1 aliphatic rings. The molecule has 3 aromatic rings. The summed E-state index contributed by atoms with van der Waals surface area (Å²) in [6.45, 7) is 7.28. The van der Waals surface area contributed by atoms with Crippen molar-refractivity contribution in [1.82, 2.24) is 15.3 Å². The summed E-state index contributed by atoms with van der Waals surface area (Å²) in [7, 11) is 0. The van der Waals surface area contributed by atoms with Gasteiger partial charge in [0, 0.05) is 34.1 Å². The Kier molecular flexibility index (Phi) is 4.93. The fraction of sp³-hybridized carbons (Fsp3) is 0.409. The molecule has 1 saturated heterocycles. The Morgan fingerprint density at radius 2 is 2.00 bits per heavy atom. The highest BCUT2D eigenvalue weighted by Gasteiger charge is 2.15. The number of aryl methyl sites for hydroxylation is 2. The van der Waals surface area contributed by atoms with Crippen molar-refractivity contribution >= 4 is 10.9 Å². The van der Waals surface area contributed by atoms with Crippen LogP contribution >= 0.6 is 0 Å². The lowest BCUT2D eigenvalue weighted by Crippen LogP contribution is -2.30. The van der Waals surface area contributed by atoms with Crippen molar-refractivity contribution in [1.29, 1.82) is 0 Å². The zero-order valence-corrected chi connectivity index (χ0v) is 15.6. The zero-order valence-electron chi connectivity index (χ0n) is 15.6. The van der Waals surface area contributed by atoms with E-state index in [0.717, 1.165) is 37.6 Å². The molecule has 26 heavy (non-hydrogen) atoms. The molecule has 0 unspecified atom stereocenters. The third kappa shape index (κ3) is 3.47. The van der Waals surface area contributed by atoms with E-state index in [1.54, 1.807) is 0 Å². The van der Waals surface area contributed by atoms with Gasteiger partial charge in [-0.1, -0.05) is 6.92 Å². The molecule has 0 amide bonds. The predicted octanol–water partition coefficient (Wildman–Crippen LogP) is 4.48. The van der Waals surface area contributed by atoms with Crippen LogP contribution in [0.25, 0.3) is 22.2 Å². The molecule has 4 rings (SSSR count). The van der Waals surface area contributed by atoms with Crippen LogP contribution in [-0.2, 0) is 6.42 Å². The first kappa shape index (κ1) is 17.1. The summed E-state index contributed by atoms with van der Waals surface area (Å²) < 4.78 is 6.14. The van der Waals surface area contributed by atoms with Crippen LogP contribution in [0.1, 0.15) is 31.0 Å². The van der Waals surface area contributed by atoms with Crippen LogP contribution in [-0.4, -0.2) is 29.7 Å². The van der Waals surface area contributed by atoms with Crippen LogP contribution < -0.4 is 10.1 Å². The Labute approximate surface area is 155 Å². The highest BCUT2D eigenvalue weighted by Crippen LogP contribution is 2.33. The molecule has 2 N–H and O–H groups in total. The number of aromatic nitrogens is 2. The minimum atomic E-state index is 0.666. The van der Waals surface area contributed by atoms with Gasteiger partial charge in [-0.05, 0) is 81.1 Å². The number of aromatic amines is 1. The van der Waals surface area contributed by atoms with Gasteiger partial charge < -0.3 is 15.0 Å². The molecule has 0 radical (unpaired) electrons. The number of rotatable bonds is 5. The van der Waals surface area contributed by atoms with Crippen LogP contribution in [0.5, 0.6) is 5.75 Å². The van der Waals surface area contributed by atoms with Crippen molar-refractivity contribution in [2.24, 2.45) is 5.92 Å². The van der Waals surface area contributed by atoms with E-state index in [-0.39, 0.29) is 0 Å². The van der Waals surface area contributed by atoms with E-state index in [0.29, 0.717) is 5.92 Å². The molecule has 0 bridgehead atoms. The van der Waals surface area contributed by atoms with Crippen molar-refractivity contribution in [3.8, 4) is 17.0 Å². The van der Waals surface area contributed by atoms with Crippen LogP contribution in [0.2, 0.25) is 0 Å². The van der Waals surface area contributed by atoms with E-state index in [9.17, 15) is 0 Å². The number of hydrogen-bond acceptors (Lipinski definition) is 3. The summed E-state index contributed by atoms with van der Waals surface area (Å²) in [5, 5.41) is 4.67. The fourth-order valence-electron chi connectivity index (χ4n) is 3.89. The lowest BCUT2D eigenvalue weighted by Gasteiger charge is -2.22. The van der Waals surface area contributed by atoms with Crippen molar-refractivity contribution in [2.45, 2.75) is 33.1 Å². The lowest BCUT2D eigenvalue weighted by molar-refractivity contribution is 0.215. The van der Waals surface area contributed by atoms with Gasteiger partial charge in [0.25, 0.3) is 0 Å². The van der Waals surface area contributed by atoms with Gasteiger partial charge in [-0.25, -0.2) is 0 Å². The summed E-state index contributed by atoms with van der Waals surface area (Å²) in [6.07, 6.45) is 5.27. The number of fused-ring (bicyclic) bond motifs is 1. The molecule has 4 heteroatoms. The molecule has 0 aliphatic carbocycles. The Bertz CT molecular complexity index is 894. The standard InChI is InChI=1S/C22H27N3O/c1-3-19-20-13-18(26-14-16-6-9-23-10-7-16)4-5-21(20)25-22(19)17-8-11-24-15(2)12-17/h4-5,8,11-13,16,23,25H,3,6-7,9-10,14H2,1-2H3. The summed E-state index contributed by atoms with van der Waals surface area (Å²) in [5.74, 6) is 1.64. The van der Waals surface area contributed by atoms with Gasteiger partial charge in [0.15, 0.2) is 0 Å². The van der Waals surface area contributed by atoms with Crippen LogP contribution in [0.4, 0.5) is 0 Å². The van der Waals surface area contributed by atoms with Crippen LogP contribution in [0, 0.1) is 12.8 Å². The normalized spacial score (nSPS) is 15.5. The number of ether oxygens (including phenoxy) is 1. The molecule has 2 aromatic heterocycles. The van der Waals surface area contributed by atoms with Gasteiger partial charge in [-0.3, -0.25) is 4.98 Å². The summed E-state index contributed by atoms with van der Waals surface area (Å²) in [6, 6.07) is 10.6. The zero-order chi connectivity index (χ0) is 17.9. The number of H-pyrrole nitrogens is 1. The first-order valence-electron chi connectivity index (χ1n) is 9.65. The second-order valence-electron chi connectivity index (χ2n) is 7.23. The first-order chi connectivity index (χ1) is 12.7. The Morgan fingerprint density at radius 3 is 2.77 bits per heavy atom. The molecule has 0 spiro atoms. The van der Waals surface area contributed by atoms with Crippen molar-refractivity contribution in [2.75, 3.05) is 19.7 Å². The average molecular weight is 349 g/mol. The molecule has 3 heterocycles. The van der Waals surface area contributed by atoms with Crippen molar-refractivity contribution in [3.63, 3.8) is 0 Å². The average Bonchev–Trinajstić information content (AvgIpc) is 3.05. The van der Waals surface area contributed by atoms with E-state index >= 15 is 0 Å². The highest BCUT2D eigenvalue weighted by molar-refractivity contribution is 5.91. The van der Waals surface area contributed by atoms with Crippen LogP contribution in [0.15, 0.2) is 36.5 Å². The van der Waals surface area contributed by atoms with E-state index in [4.69, 9.17) is 4.74 Å². The topological polar surface area (TPSA) is 49.9 Å². The Hall–Kier alpha value is -2.33. The number of nitrogens with one attached hydrogen (secondary N) is 2. The number of piperidine rings is 1. The molecule has 1 aromatic carbocycles. The lowest BCUT2D eigenvalue weighted by atomic mass is 9.99. The second kappa shape index (κ2) is 7.50. The molecular formula is C22H27N3O. The van der Waals surface area contributed by atoms with E-state index in [1.807, 2.05) is 13.1 Å². The number of nitrogens with zero attached hydrogens (tertiary/aromatic N) is 1. The van der Waals surface area contributed by atoms with Crippen LogP contribution in [0.3, 0.4) is 0 Å². The van der Waals surface area contributed by atoms with Gasteiger partial charge in [-0.15, -0.1) is 0 Å². The quantitative estimate of drug-likeness (QED) is 0.714.